The van der Waals surface area contributed by atoms with Gasteiger partial charge in [0.2, 0.25) is 11.8 Å². The Bertz CT molecular complexity index is 1230. The Morgan fingerprint density at radius 3 is 2.62 bits per heavy atom. The van der Waals surface area contributed by atoms with Gasteiger partial charge in [0.05, 0.1) is 19.2 Å². The maximum Gasteiger partial charge on any atom is 0.419 e. The fourth-order valence-corrected chi connectivity index (χ4v) is 4.27. The highest BCUT2D eigenvalue weighted by molar-refractivity contribution is 5.94. The molecule has 0 saturated carbocycles. The molecule has 1 fully saturated rings. The molecule has 0 aliphatic carbocycles. The largest absolute Gasteiger partial charge is 0.497 e. The summed E-state index contributed by atoms with van der Waals surface area (Å²) < 4.78 is 12.1. The molecule has 4 rings (SSSR count). The normalized spacial score (nSPS) is 16.5. The SMILES string of the molecule is CCCn1c(=O)oc2cc(NC(=O)CN3CCN(c4ccc(OC)cc4)CC3C(N)=O)ccc21. The fourth-order valence-electron chi connectivity index (χ4n) is 4.27. The molecule has 2 amide bonds. The minimum atomic E-state index is -0.606. The van der Waals surface area contributed by atoms with E-state index in [-0.39, 0.29) is 12.5 Å². The number of piperazine rings is 1. The van der Waals surface area contributed by atoms with E-state index in [9.17, 15) is 14.4 Å². The minimum absolute atomic E-state index is 0.0168. The summed E-state index contributed by atoms with van der Waals surface area (Å²) in [6.45, 7) is 4.09. The molecule has 1 unspecified atom stereocenters. The molecular weight excluding hydrogens is 438 g/mol. The van der Waals surface area contributed by atoms with Gasteiger partial charge in [0.25, 0.3) is 0 Å². The Hall–Kier alpha value is -3.79. The molecule has 2 aromatic carbocycles. The summed E-state index contributed by atoms with van der Waals surface area (Å²) in [6, 6.07) is 12.1. The van der Waals surface area contributed by atoms with E-state index in [1.165, 1.54) is 0 Å². The molecule has 1 saturated heterocycles. The highest BCUT2D eigenvalue weighted by Gasteiger charge is 2.32. The summed E-state index contributed by atoms with van der Waals surface area (Å²) in [4.78, 5) is 40.8. The van der Waals surface area contributed by atoms with Crippen molar-refractivity contribution in [2.75, 3.05) is 43.5 Å². The second-order valence-corrected chi connectivity index (χ2v) is 8.28. The van der Waals surface area contributed by atoms with Crippen molar-refractivity contribution < 1.29 is 18.7 Å². The predicted molar refractivity (Wildman–Crippen MR) is 129 cm³/mol. The number of hydrogen-bond donors (Lipinski definition) is 2. The smallest absolute Gasteiger partial charge is 0.419 e. The van der Waals surface area contributed by atoms with Crippen LogP contribution in [0.2, 0.25) is 0 Å². The summed E-state index contributed by atoms with van der Waals surface area (Å²) in [6.07, 6.45) is 0.805. The molecule has 1 aliphatic rings. The van der Waals surface area contributed by atoms with Crippen LogP contribution < -0.4 is 26.4 Å². The van der Waals surface area contributed by atoms with Crippen molar-refractivity contribution >= 4 is 34.3 Å². The Morgan fingerprint density at radius 2 is 1.94 bits per heavy atom. The van der Waals surface area contributed by atoms with Crippen molar-refractivity contribution in [3.63, 3.8) is 0 Å². The molecule has 1 aromatic heterocycles. The summed E-state index contributed by atoms with van der Waals surface area (Å²) in [5.74, 6) is -0.422. The van der Waals surface area contributed by atoms with E-state index < -0.39 is 17.7 Å². The number of primary amides is 1. The lowest BCUT2D eigenvalue weighted by Gasteiger charge is -2.40. The molecule has 10 nitrogen and oxygen atoms in total. The number of methoxy groups -OCH3 is 1. The summed E-state index contributed by atoms with van der Waals surface area (Å²) in [5.41, 5.74) is 8.25. The van der Waals surface area contributed by atoms with Crippen LogP contribution in [0, 0.1) is 0 Å². The lowest BCUT2D eigenvalue weighted by atomic mass is 10.1. The zero-order chi connectivity index (χ0) is 24.2. The van der Waals surface area contributed by atoms with E-state index in [0.717, 1.165) is 17.9 Å². The average molecular weight is 468 g/mol. The van der Waals surface area contributed by atoms with Crippen LogP contribution in [0.3, 0.4) is 0 Å². The molecule has 10 heteroatoms. The number of ether oxygens (including phenoxy) is 1. The second-order valence-electron chi connectivity index (χ2n) is 8.28. The number of amides is 2. The lowest BCUT2D eigenvalue weighted by molar-refractivity contribution is -0.125. The Labute approximate surface area is 196 Å². The molecule has 3 N–H and O–H groups in total. The fraction of sp³-hybridized carbons (Fsp3) is 0.375. The number of fused-ring (bicyclic) bond motifs is 1. The minimum Gasteiger partial charge on any atom is -0.497 e. The first-order chi connectivity index (χ1) is 16.4. The van der Waals surface area contributed by atoms with Gasteiger partial charge >= 0.3 is 5.76 Å². The second kappa shape index (κ2) is 10.0. The molecule has 0 spiro atoms. The molecule has 0 bridgehead atoms. The quantitative estimate of drug-likeness (QED) is 0.516. The molecule has 3 aromatic rings. The van der Waals surface area contributed by atoms with E-state index in [1.54, 1.807) is 34.8 Å². The third kappa shape index (κ3) is 4.91. The number of hydrogen-bond acceptors (Lipinski definition) is 7. The molecule has 180 valence electrons. The highest BCUT2D eigenvalue weighted by atomic mass is 16.5. The number of benzene rings is 2. The van der Waals surface area contributed by atoms with Crippen LogP contribution in [0.1, 0.15) is 13.3 Å². The van der Waals surface area contributed by atoms with Crippen LogP contribution in [0.15, 0.2) is 51.7 Å². The zero-order valence-corrected chi connectivity index (χ0v) is 19.3. The summed E-state index contributed by atoms with van der Waals surface area (Å²) >= 11 is 0. The predicted octanol–water partition coefficient (Wildman–Crippen LogP) is 1.63. The number of oxazole rings is 1. The maximum atomic E-state index is 12.8. The van der Waals surface area contributed by atoms with Crippen LogP contribution >= 0.6 is 0 Å². The number of carbonyl (C=O) groups excluding carboxylic acids is 2. The van der Waals surface area contributed by atoms with Gasteiger partial charge in [-0.25, -0.2) is 4.79 Å². The molecule has 0 radical (unpaired) electrons. The number of anilines is 2. The third-order valence-corrected chi connectivity index (χ3v) is 6.00. The van der Waals surface area contributed by atoms with Crippen molar-refractivity contribution in [3.05, 3.63) is 53.0 Å². The van der Waals surface area contributed by atoms with Crippen LogP contribution in [0.4, 0.5) is 11.4 Å². The number of rotatable bonds is 8. The zero-order valence-electron chi connectivity index (χ0n) is 19.3. The Balaban J connectivity index is 1.41. The van der Waals surface area contributed by atoms with Crippen molar-refractivity contribution in [3.8, 4) is 5.75 Å². The monoisotopic (exact) mass is 467 g/mol. The number of nitrogens with one attached hydrogen (secondary N) is 1. The number of carbonyl (C=O) groups is 2. The first kappa shape index (κ1) is 23.4. The molecule has 1 atom stereocenters. The molecule has 2 heterocycles. The maximum absolute atomic E-state index is 12.8. The van der Waals surface area contributed by atoms with Crippen LogP contribution in [-0.2, 0) is 16.1 Å². The van der Waals surface area contributed by atoms with Gasteiger partial charge in [-0.2, -0.15) is 0 Å². The number of nitrogens with zero attached hydrogens (tertiary/aromatic N) is 3. The van der Waals surface area contributed by atoms with E-state index >= 15 is 0 Å². The van der Waals surface area contributed by atoms with Gasteiger partial charge in [-0.15, -0.1) is 0 Å². The van der Waals surface area contributed by atoms with E-state index in [0.29, 0.717) is 43.0 Å². The van der Waals surface area contributed by atoms with Gasteiger partial charge in [-0.05, 0) is 42.8 Å². The number of aryl methyl sites for hydroxylation is 1. The first-order valence-corrected chi connectivity index (χ1v) is 11.2. The van der Waals surface area contributed by atoms with Gasteiger partial charge in [0.1, 0.15) is 11.8 Å². The van der Waals surface area contributed by atoms with Crippen LogP contribution in [-0.4, -0.2) is 60.6 Å². The molecule has 34 heavy (non-hydrogen) atoms. The topological polar surface area (TPSA) is 123 Å². The van der Waals surface area contributed by atoms with E-state index in [4.69, 9.17) is 14.9 Å². The number of nitrogens with two attached hydrogens (primary N) is 1. The number of aromatic nitrogens is 1. The van der Waals surface area contributed by atoms with Crippen molar-refractivity contribution in [2.45, 2.75) is 25.9 Å². The van der Waals surface area contributed by atoms with Gasteiger partial charge in [-0.3, -0.25) is 19.1 Å². The van der Waals surface area contributed by atoms with E-state index in [1.807, 2.05) is 31.2 Å². The van der Waals surface area contributed by atoms with Crippen LogP contribution in [0.5, 0.6) is 5.75 Å². The highest BCUT2D eigenvalue weighted by Crippen LogP contribution is 2.23. The van der Waals surface area contributed by atoms with E-state index in [2.05, 4.69) is 10.2 Å². The third-order valence-electron chi connectivity index (χ3n) is 6.00. The van der Waals surface area contributed by atoms with Crippen molar-refractivity contribution in [1.29, 1.82) is 0 Å². The van der Waals surface area contributed by atoms with Crippen LogP contribution in [0.25, 0.3) is 11.1 Å². The first-order valence-electron chi connectivity index (χ1n) is 11.2. The lowest BCUT2D eigenvalue weighted by Crippen LogP contribution is -2.59. The molecular formula is C24H29N5O5. The Kier molecular flexibility index (Phi) is 6.87. The Morgan fingerprint density at radius 1 is 1.18 bits per heavy atom. The summed E-state index contributed by atoms with van der Waals surface area (Å²) in [7, 11) is 1.61. The molecule has 1 aliphatic heterocycles. The van der Waals surface area contributed by atoms with Gasteiger partial charge in [0.15, 0.2) is 5.58 Å². The van der Waals surface area contributed by atoms with Crippen molar-refractivity contribution in [1.82, 2.24) is 9.47 Å². The van der Waals surface area contributed by atoms with Gasteiger partial charge in [0, 0.05) is 43.6 Å². The van der Waals surface area contributed by atoms with Gasteiger partial charge < -0.3 is 25.1 Å². The van der Waals surface area contributed by atoms with Gasteiger partial charge in [-0.1, -0.05) is 6.92 Å². The summed E-state index contributed by atoms with van der Waals surface area (Å²) in [5, 5.41) is 2.83. The standard InChI is InChI=1S/C24H29N5O5/c1-3-10-29-19-9-4-16(13-21(19)34-24(29)32)26-22(30)15-28-12-11-27(14-20(28)23(25)31)17-5-7-18(33-2)8-6-17/h4-9,13,20H,3,10-12,14-15H2,1-2H3,(H2,25,31)(H,26,30). The average Bonchev–Trinajstić information content (AvgIpc) is 3.13. The van der Waals surface area contributed by atoms with Crippen molar-refractivity contribution in [2.24, 2.45) is 5.73 Å².